The molecule has 2 aromatic rings. The molecular weight excluding hydrogens is 284 g/mol. The molecular formula is C15H20N4OS. The summed E-state index contributed by atoms with van der Waals surface area (Å²) in [5.41, 5.74) is 3.10. The number of rotatable bonds is 4. The number of aromatic amines is 1. The molecule has 0 unspecified atom stereocenters. The lowest BCUT2D eigenvalue weighted by molar-refractivity contribution is 0.628. The van der Waals surface area contributed by atoms with Gasteiger partial charge >= 0.3 is 0 Å². The molecule has 0 amide bonds. The van der Waals surface area contributed by atoms with E-state index in [0.29, 0.717) is 16.2 Å². The summed E-state index contributed by atoms with van der Waals surface area (Å²) >= 11 is 5.30. The fourth-order valence-corrected chi connectivity index (χ4v) is 3.26. The van der Waals surface area contributed by atoms with Crippen molar-refractivity contribution in [1.29, 1.82) is 0 Å². The van der Waals surface area contributed by atoms with Crippen molar-refractivity contribution in [3.63, 3.8) is 0 Å². The Morgan fingerprint density at radius 2 is 2.24 bits per heavy atom. The molecule has 0 radical (unpaired) electrons. The van der Waals surface area contributed by atoms with Crippen molar-refractivity contribution in [2.75, 3.05) is 0 Å². The summed E-state index contributed by atoms with van der Waals surface area (Å²) in [6.45, 7) is 2.93. The maximum atomic E-state index is 12.6. The summed E-state index contributed by atoms with van der Waals surface area (Å²) in [4.78, 5) is 12.6. The molecule has 6 heteroatoms. The van der Waals surface area contributed by atoms with Gasteiger partial charge in [-0.2, -0.15) is 5.10 Å². The molecule has 1 aliphatic rings. The predicted molar refractivity (Wildman–Crippen MR) is 85.0 cm³/mol. The SMILES string of the molecule is CCCCn1c(-c2cc3c(n(C)c2=O)CCC3)n[nH]c1=S. The van der Waals surface area contributed by atoms with Crippen LogP contribution in [-0.4, -0.2) is 19.3 Å². The van der Waals surface area contributed by atoms with Gasteiger partial charge in [-0.25, -0.2) is 0 Å². The second-order valence-electron chi connectivity index (χ2n) is 5.61. The van der Waals surface area contributed by atoms with Crippen LogP contribution in [0.15, 0.2) is 10.9 Å². The van der Waals surface area contributed by atoms with Crippen molar-refractivity contribution >= 4 is 12.2 Å². The summed E-state index contributed by atoms with van der Waals surface area (Å²) in [5.74, 6) is 0.670. The minimum atomic E-state index is 0.0161. The lowest BCUT2D eigenvalue weighted by Gasteiger charge is -2.11. The molecule has 0 spiro atoms. The minimum absolute atomic E-state index is 0.0161. The topological polar surface area (TPSA) is 55.6 Å². The molecule has 1 aliphatic carbocycles. The van der Waals surface area contributed by atoms with Gasteiger partial charge in [-0.3, -0.25) is 9.89 Å². The first-order valence-electron chi connectivity index (χ1n) is 7.50. The normalized spacial score (nSPS) is 13.6. The number of unbranched alkanes of at least 4 members (excludes halogenated alkanes) is 1. The third kappa shape index (κ3) is 2.37. The maximum absolute atomic E-state index is 12.6. The first-order chi connectivity index (χ1) is 10.1. The van der Waals surface area contributed by atoms with Gasteiger partial charge in [-0.15, -0.1) is 0 Å². The highest BCUT2D eigenvalue weighted by atomic mass is 32.1. The zero-order valence-corrected chi connectivity index (χ0v) is 13.3. The molecule has 0 fully saturated rings. The largest absolute Gasteiger partial charge is 0.315 e. The second-order valence-corrected chi connectivity index (χ2v) is 5.99. The molecule has 0 aromatic carbocycles. The number of hydrogen-bond acceptors (Lipinski definition) is 3. The van der Waals surface area contributed by atoms with Crippen molar-refractivity contribution in [3.8, 4) is 11.4 Å². The fraction of sp³-hybridized carbons (Fsp3) is 0.533. The number of pyridine rings is 1. The quantitative estimate of drug-likeness (QED) is 0.883. The molecule has 2 aromatic heterocycles. The number of H-pyrrole nitrogens is 1. The molecule has 0 saturated heterocycles. The predicted octanol–water partition coefficient (Wildman–Crippen LogP) is 2.60. The fourth-order valence-electron chi connectivity index (χ4n) is 3.04. The van der Waals surface area contributed by atoms with E-state index in [2.05, 4.69) is 17.1 Å². The van der Waals surface area contributed by atoms with Gasteiger partial charge in [0.2, 0.25) is 0 Å². The van der Waals surface area contributed by atoms with Gasteiger partial charge in [0, 0.05) is 19.3 Å². The molecule has 0 bridgehead atoms. The number of hydrogen-bond donors (Lipinski definition) is 1. The Morgan fingerprint density at radius 1 is 1.43 bits per heavy atom. The molecule has 5 nitrogen and oxygen atoms in total. The number of nitrogens with one attached hydrogen (secondary N) is 1. The van der Waals surface area contributed by atoms with E-state index in [4.69, 9.17) is 12.2 Å². The van der Waals surface area contributed by atoms with Gasteiger partial charge in [-0.1, -0.05) is 13.3 Å². The summed E-state index contributed by atoms with van der Waals surface area (Å²) < 4.78 is 4.30. The Bertz CT molecular complexity index is 784. The summed E-state index contributed by atoms with van der Waals surface area (Å²) in [5, 5.41) is 7.13. The van der Waals surface area contributed by atoms with Crippen LogP contribution in [0.2, 0.25) is 0 Å². The average molecular weight is 304 g/mol. The van der Waals surface area contributed by atoms with Crippen molar-refractivity contribution in [2.24, 2.45) is 7.05 Å². The van der Waals surface area contributed by atoms with Gasteiger partial charge in [0.15, 0.2) is 10.6 Å². The van der Waals surface area contributed by atoms with Crippen LogP contribution >= 0.6 is 12.2 Å². The zero-order chi connectivity index (χ0) is 15.0. The Morgan fingerprint density at radius 3 is 3.00 bits per heavy atom. The van der Waals surface area contributed by atoms with Crippen molar-refractivity contribution in [1.82, 2.24) is 19.3 Å². The first kappa shape index (κ1) is 14.3. The van der Waals surface area contributed by atoms with Crippen LogP contribution in [-0.2, 0) is 26.4 Å². The Kier molecular flexibility index (Phi) is 3.80. The van der Waals surface area contributed by atoms with Crippen molar-refractivity contribution in [3.05, 3.63) is 32.4 Å². The van der Waals surface area contributed by atoms with Crippen molar-refractivity contribution < 1.29 is 0 Å². The van der Waals surface area contributed by atoms with E-state index < -0.39 is 0 Å². The monoisotopic (exact) mass is 304 g/mol. The van der Waals surface area contributed by atoms with Crippen LogP contribution in [0, 0.1) is 4.77 Å². The average Bonchev–Trinajstić information content (AvgIpc) is 3.07. The van der Waals surface area contributed by atoms with Gasteiger partial charge < -0.3 is 9.13 Å². The highest BCUT2D eigenvalue weighted by Gasteiger charge is 2.20. The van der Waals surface area contributed by atoms with Crippen LogP contribution in [0.5, 0.6) is 0 Å². The molecule has 21 heavy (non-hydrogen) atoms. The third-order valence-corrected chi connectivity index (χ3v) is 4.53. The van der Waals surface area contributed by atoms with Gasteiger partial charge in [0.25, 0.3) is 5.56 Å². The molecule has 0 aliphatic heterocycles. The molecule has 2 heterocycles. The highest BCUT2D eigenvalue weighted by molar-refractivity contribution is 7.71. The molecule has 0 saturated carbocycles. The van der Waals surface area contributed by atoms with Crippen LogP contribution < -0.4 is 5.56 Å². The van der Waals surface area contributed by atoms with Crippen LogP contribution in [0.4, 0.5) is 0 Å². The Hall–Kier alpha value is -1.69. The van der Waals surface area contributed by atoms with E-state index in [0.717, 1.165) is 44.3 Å². The van der Waals surface area contributed by atoms with Crippen LogP contribution in [0.1, 0.15) is 37.4 Å². The van der Waals surface area contributed by atoms with Gasteiger partial charge in [0.05, 0.1) is 5.56 Å². The summed E-state index contributed by atoms with van der Waals surface area (Å²) in [7, 11) is 1.85. The number of aryl methyl sites for hydroxylation is 1. The number of nitrogens with zero attached hydrogens (tertiary/aromatic N) is 3. The van der Waals surface area contributed by atoms with E-state index in [1.807, 2.05) is 17.7 Å². The summed E-state index contributed by atoms with van der Waals surface area (Å²) in [6, 6.07) is 2.01. The van der Waals surface area contributed by atoms with Crippen LogP contribution in [0.3, 0.4) is 0 Å². The Balaban J connectivity index is 2.16. The standard InChI is InChI=1S/C15H20N4OS/c1-3-4-8-19-13(16-17-15(19)21)11-9-10-6-5-7-12(10)18(2)14(11)20/h9H,3-8H2,1-2H3,(H,17,21). The van der Waals surface area contributed by atoms with E-state index in [1.165, 1.54) is 5.56 Å². The number of aromatic nitrogens is 4. The van der Waals surface area contributed by atoms with E-state index in [9.17, 15) is 4.79 Å². The van der Waals surface area contributed by atoms with E-state index >= 15 is 0 Å². The van der Waals surface area contributed by atoms with E-state index in [1.54, 1.807) is 4.57 Å². The number of fused-ring (bicyclic) bond motifs is 1. The van der Waals surface area contributed by atoms with Gasteiger partial charge in [0.1, 0.15) is 0 Å². The molecule has 112 valence electrons. The zero-order valence-electron chi connectivity index (χ0n) is 12.5. The molecule has 0 atom stereocenters. The highest BCUT2D eigenvalue weighted by Crippen LogP contribution is 2.24. The van der Waals surface area contributed by atoms with Crippen LogP contribution in [0.25, 0.3) is 11.4 Å². The molecule has 3 rings (SSSR count). The lowest BCUT2D eigenvalue weighted by atomic mass is 10.1. The van der Waals surface area contributed by atoms with Gasteiger partial charge in [-0.05, 0) is 49.5 Å². The van der Waals surface area contributed by atoms with Crippen molar-refractivity contribution in [2.45, 2.75) is 45.6 Å². The summed E-state index contributed by atoms with van der Waals surface area (Å²) in [6.07, 6.45) is 5.25. The minimum Gasteiger partial charge on any atom is -0.315 e. The smallest absolute Gasteiger partial charge is 0.261 e. The third-order valence-electron chi connectivity index (χ3n) is 4.22. The second kappa shape index (κ2) is 5.60. The maximum Gasteiger partial charge on any atom is 0.261 e. The van der Waals surface area contributed by atoms with E-state index in [-0.39, 0.29) is 5.56 Å². The first-order valence-corrected chi connectivity index (χ1v) is 7.91. The Labute approximate surface area is 128 Å². The lowest BCUT2D eigenvalue weighted by Crippen LogP contribution is -2.23. The molecule has 1 N–H and O–H groups in total.